The standard InChI is InChI=1S/C26H32O3S2/c1-4-5-6-7-20(11-8-19-9-12-21(13-10-19)25(27)28)22-14-15-24-23(18-22)26(30-2,31-3)16-17-29-24/h8-15,18,20H,4-7,16-17H2,1-3H3,(H,27,28)/b11-8+. The van der Waals surface area contributed by atoms with Crippen molar-refractivity contribution in [3.8, 4) is 5.75 Å². The molecule has 2 aromatic rings. The summed E-state index contributed by atoms with van der Waals surface area (Å²) in [5.74, 6) is 0.439. The quantitative estimate of drug-likeness (QED) is 0.298. The second-order valence-corrected chi connectivity index (χ2v) is 10.4. The van der Waals surface area contributed by atoms with Crippen LogP contribution < -0.4 is 4.74 Å². The molecular formula is C26H32O3S2. The van der Waals surface area contributed by atoms with Gasteiger partial charge in [0, 0.05) is 17.9 Å². The molecule has 0 spiro atoms. The molecule has 1 unspecified atom stereocenters. The minimum Gasteiger partial charge on any atom is -0.493 e. The number of allylic oxidation sites excluding steroid dienone is 1. The van der Waals surface area contributed by atoms with Crippen LogP contribution >= 0.6 is 23.5 Å². The number of thioether (sulfide) groups is 2. The van der Waals surface area contributed by atoms with Crippen LogP contribution in [0.1, 0.15) is 72.0 Å². The Hall–Kier alpha value is -1.85. The molecule has 0 bridgehead atoms. The summed E-state index contributed by atoms with van der Waals surface area (Å²) in [5, 5.41) is 9.11. The van der Waals surface area contributed by atoms with Crippen molar-refractivity contribution >= 4 is 35.6 Å². The number of aromatic carboxylic acids is 1. The van der Waals surface area contributed by atoms with E-state index in [0.29, 0.717) is 11.5 Å². The first-order valence-corrected chi connectivity index (χ1v) is 13.4. The first-order chi connectivity index (χ1) is 15.0. The average Bonchev–Trinajstić information content (AvgIpc) is 2.81. The fourth-order valence-electron chi connectivity index (χ4n) is 4.09. The number of rotatable bonds is 10. The fourth-order valence-corrected chi connectivity index (χ4v) is 6.09. The molecule has 1 aliphatic heterocycles. The number of carboxylic acids is 1. The minimum absolute atomic E-state index is 0.0495. The molecule has 3 rings (SSSR count). The van der Waals surface area contributed by atoms with E-state index in [2.05, 4.69) is 49.8 Å². The number of carbonyl (C=O) groups is 1. The number of carboxylic acid groups (broad SMARTS) is 1. The van der Waals surface area contributed by atoms with E-state index in [1.165, 1.54) is 30.4 Å². The summed E-state index contributed by atoms with van der Waals surface area (Å²) < 4.78 is 6.03. The Morgan fingerprint density at radius 1 is 1.16 bits per heavy atom. The maximum Gasteiger partial charge on any atom is 0.335 e. The molecule has 0 aliphatic carbocycles. The van der Waals surface area contributed by atoms with Crippen molar-refractivity contribution in [1.29, 1.82) is 0 Å². The summed E-state index contributed by atoms with van der Waals surface area (Å²) in [6, 6.07) is 13.8. The van der Waals surface area contributed by atoms with Crippen molar-refractivity contribution < 1.29 is 14.6 Å². The number of ether oxygens (including phenoxy) is 1. The van der Waals surface area contributed by atoms with Crippen molar-refractivity contribution in [3.05, 3.63) is 70.8 Å². The Morgan fingerprint density at radius 2 is 1.90 bits per heavy atom. The van der Waals surface area contributed by atoms with E-state index in [9.17, 15) is 4.79 Å². The predicted octanol–water partition coefficient (Wildman–Crippen LogP) is 7.42. The van der Waals surface area contributed by atoms with E-state index in [0.717, 1.165) is 30.8 Å². The zero-order valence-electron chi connectivity index (χ0n) is 18.6. The topological polar surface area (TPSA) is 46.5 Å². The molecule has 0 aromatic heterocycles. The zero-order valence-corrected chi connectivity index (χ0v) is 20.2. The molecule has 0 saturated heterocycles. The van der Waals surface area contributed by atoms with Crippen LogP contribution in [0.25, 0.3) is 6.08 Å². The molecule has 1 atom stereocenters. The fraction of sp³-hybridized carbons (Fsp3) is 0.423. The molecule has 166 valence electrons. The van der Waals surface area contributed by atoms with Crippen molar-refractivity contribution in [2.45, 2.75) is 49.0 Å². The van der Waals surface area contributed by atoms with Crippen molar-refractivity contribution in [1.82, 2.24) is 0 Å². The van der Waals surface area contributed by atoms with Gasteiger partial charge in [-0.25, -0.2) is 4.79 Å². The normalized spacial score (nSPS) is 16.0. The van der Waals surface area contributed by atoms with Gasteiger partial charge in [-0.1, -0.05) is 56.5 Å². The second kappa shape index (κ2) is 11.1. The van der Waals surface area contributed by atoms with Crippen LogP contribution in [0.2, 0.25) is 0 Å². The maximum absolute atomic E-state index is 11.1. The zero-order chi connectivity index (χ0) is 22.3. The van der Waals surface area contributed by atoms with Crippen LogP contribution in [-0.2, 0) is 4.08 Å². The van der Waals surface area contributed by atoms with Crippen molar-refractivity contribution in [3.63, 3.8) is 0 Å². The average molecular weight is 457 g/mol. The smallest absolute Gasteiger partial charge is 0.335 e. The van der Waals surface area contributed by atoms with Crippen molar-refractivity contribution in [2.75, 3.05) is 19.1 Å². The van der Waals surface area contributed by atoms with Crippen LogP contribution in [-0.4, -0.2) is 30.2 Å². The van der Waals surface area contributed by atoms with Gasteiger partial charge in [-0.15, -0.1) is 23.5 Å². The SMILES string of the molecule is CCCCCC(/C=C/c1ccc(C(=O)O)cc1)c1ccc2c(c1)C(SC)(SC)CCO2. The van der Waals surface area contributed by atoms with E-state index in [1.807, 2.05) is 35.7 Å². The highest BCUT2D eigenvalue weighted by atomic mass is 32.2. The number of unbranched alkanes of at least 4 members (excludes halogenated alkanes) is 2. The van der Waals surface area contributed by atoms with Gasteiger partial charge in [0.15, 0.2) is 0 Å². The van der Waals surface area contributed by atoms with Crippen LogP contribution in [0, 0.1) is 0 Å². The number of benzene rings is 2. The van der Waals surface area contributed by atoms with E-state index < -0.39 is 5.97 Å². The lowest BCUT2D eigenvalue weighted by Gasteiger charge is -2.36. The van der Waals surface area contributed by atoms with Gasteiger partial charge in [0.1, 0.15) is 5.75 Å². The van der Waals surface area contributed by atoms with Gasteiger partial charge in [-0.2, -0.15) is 0 Å². The highest BCUT2D eigenvalue weighted by molar-refractivity contribution is 8.16. The number of fused-ring (bicyclic) bond motifs is 1. The lowest BCUT2D eigenvalue weighted by molar-refractivity contribution is 0.0697. The number of hydrogen-bond acceptors (Lipinski definition) is 4. The van der Waals surface area contributed by atoms with Gasteiger partial charge >= 0.3 is 5.97 Å². The van der Waals surface area contributed by atoms with Crippen LogP contribution in [0.15, 0.2) is 48.5 Å². The third kappa shape index (κ3) is 5.69. The highest BCUT2D eigenvalue weighted by Gasteiger charge is 2.37. The van der Waals surface area contributed by atoms with E-state index in [1.54, 1.807) is 12.1 Å². The van der Waals surface area contributed by atoms with E-state index >= 15 is 0 Å². The summed E-state index contributed by atoms with van der Waals surface area (Å²) in [4.78, 5) is 11.1. The first kappa shape index (κ1) is 23.8. The van der Waals surface area contributed by atoms with Gasteiger partial charge < -0.3 is 9.84 Å². The van der Waals surface area contributed by atoms with Crippen LogP contribution in [0.4, 0.5) is 0 Å². The van der Waals surface area contributed by atoms with Gasteiger partial charge in [-0.3, -0.25) is 0 Å². The lowest BCUT2D eigenvalue weighted by atomic mass is 9.89. The Balaban J connectivity index is 1.90. The van der Waals surface area contributed by atoms with Gasteiger partial charge in [0.25, 0.3) is 0 Å². The largest absolute Gasteiger partial charge is 0.493 e. The summed E-state index contributed by atoms with van der Waals surface area (Å²) in [7, 11) is 0. The molecule has 0 fully saturated rings. The molecule has 1 heterocycles. The van der Waals surface area contributed by atoms with Gasteiger partial charge in [0.05, 0.1) is 16.2 Å². The Bertz CT molecular complexity index is 901. The van der Waals surface area contributed by atoms with Crippen molar-refractivity contribution in [2.24, 2.45) is 0 Å². The minimum atomic E-state index is -0.893. The summed E-state index contributed by atoms with van der Waals surface area (Å²) >= 11 is 3.82. The molecule has 3 nitrogen and oxygen atoms in total. The molecule has 2 aromatic carbocycles. The lowest BCUT2D eigenvalue weighted by Crippen LogP contribution is -2.26. The Kier molecular flexibility index (Phi) is 8.56. The predicted molar refractivity (Wildman–Crippen MR) is 135 cm³/mol. The Labute approximate surface area is 194 Å². The Morgan fingerprint density at radius 3 is 2.55 bits per heavy atom. The first-order valence-electron chi connectivity index (χ1n) is 10.9. The molecule has 31 heavy (non-hydrogen) atoms. The van der Waals surface area contributed by atoms with Gasteiger partial charge in [-0.05, 0) is 54.3 Å². The number of hydrogen-bond donors (Lipinski definition) is 1. The second-order valence-electron chi connectivity index (χ2n) is 7.90. The monoisotopic (exact) mass is 456 g/mol. The summed E-state index contributed by atoms with van der Waals surface area (Å²) in [6.07, 6.45) is 14.5. The molecule has 0 radical (unpaired) electrons. The molecule has 0 saturated carbocycles. The summed E-state index contributed by atoms with van der Waals surface area (Å²) in [5.41, 5.74) is 3.97. The summed E-state index contributed by atoms with van der Waals surface area (Å²) in [6.45, 7) is 3.00. The van der Waals surface area contributed by atoms with Crippen LogP contribution in [0.5, 0.6) is 5.75 Å². The van der Waals surface area contributed by atoms with Gasteiger partial charge in [0.2, 0.25) is 0 Å². The van der Waals surface area contributed by atoms with Crippen LogP contribution in [0.3, 0.4) is 0 Å². The highest BCUT2D eigenvalue weighted by Crippen LogP contribution is 2.53. The molecular weight excluding hydrogens is 424 g/mol. The third-order valence-electron chi connectivity index (χ3n) is 5.99. The molecule has 1 aliphatic rings. The van der Waals surface area contributed by atoms with E-state index in [-0.39, 0.29) is 4.08 Å². The molecule has 0 amide bonds. The molecule has 5 heteroatoms. The maximum atomic E-state index is 11.1. The third-order valence-corrected chi connectivity index (χ3v) is 9.15. The molecule has 1 N–H and O–H groups in total. The van der Waals surface area contributed by atoms with E-state index in [4.69, 9.17) is 9.84 Å².